The molecule has 9 amide bonds. The standard InChI is InChI=1S/C32H42N10O15S2.C23H26N10O13S2.C22H2.CH4.2Na/c1-30(2,3)55-25(49)32(7,8)57-38-21(18-14-58-26(35-18)36-28(51)56-31(4,5)6)23(47)34-17-12-41(24(17)48)27(50)39-59(53,54)42-29(52)40(11-15(44)13-43)22(37-42)16-9-19(45)20(46)10-33-16;1-23(2,19(40)41)46-29-15(12-8-47-20(24)27-12)17(38)26-11-6-32(18(11)39)21(42)30-48(44,45)33-22(43)31(5-9(35)7-34)16(28-33)10-3-13(36)14(37)4-25-10;1-3-5-7-9-11-13-15-17-19-21-22-20-18-16-14-12-10-8-6-4-2;;;/h9-10,14-15,17,43-44,46H,11-13H2,1-8H3,(H,33,45)(H,34,47)(H,39,50)(H,35,36,51);3-4,8-9,11,34-35H,5-7H2,1-2H3,(H7,24,25,26,27,28,29,30,36,37,38,40,41,42);1-2H;1H4;;/q;;;;2*+1/p-2/b38-21-;;;;;/t15-,17+;9-,11+;;;;/m11..../s1. The number of ether oxygens (including phenoxy) is 2. The predicted octanol–water partition coefficient (Wildman–Crippen LogP) is -10.8. The minimum Gasteiger partial charge on any atom is -0.546 e. The number of nitrogens with zero attached hydrogens (tertiary/aromatic N) is 13. The molecule has 0 aliphatic carbocycles. The Morgan fingerprint density at radius 1 is 0.606 bits per heavy atom. The number of nitrogens with two attached hydrogens (primary N) is 1. The first-order chi connectivity index (χ1) is 60.4. The number of carboxylic acid groups (broad SMARTS) is 1. The molecule has 2 fully saturated rings. The van der Waals surface area contributed by atoms with E-state index < -0.39 is 217 Å². The fourth-order valence-corrected chi connectivity index (χ4v) is 11.8. The number of esters is 1. The second-order valence-electron chi connectivity index (χ2n) is 27.8. The van der Waals surface area contributed by atoms with E-state index in [-0.39, 0.29) is 108 Å². The fourth-order valence-electron chi connectivity index (χ4n) is 8.79. The number of hydrogen-bond donors (Lipinski definition) is 13. The van der Waals surface area contributed by atoms with Crippen LogP contribution in [0, 0.1) is 131 Å². The van der Waals surface area contributed by atoms with Crippen LogP contribution in [0.4, 0.5) is 24.6 Å². The number of carbonyl (C=O) groups excluding carboxylic acids is 9. The van der Waals surface area contributed by atoms with Gasteiger partial charge in [0.1, 0.15) is 28.6 Å². The van der Waals surface area contributed by atoms with Crippen molar-refractivity contribution >= 4 is 119 Å². The minimum absolute atomic E-state index is 0. The summed E-state index contributed by atoms with van der Waals surface area (Å²) >= 11 is 1.75. The maximum atomic E-state index is 13.6. The molecule has 2 saturated heterocycles. The van der Waals surface area contributed by atoms with Crippen molar-refractivity contribution in [2.75, 3.05) is 37.4 Å². The average molecular weight is 1910 g/mol. The molecule has 132 heavy (non-hydrogen) atoms. The van der Waals surface area contributed by atoms with Gasteiger partial charge in [-0.15, -0.1) is 45.7 Å². The van der Waals surface area contributed by atoms with E-state index in [1.165, 1.54) is 29.3 Å². The number of nitrogens with one attached hydrogen (secondary N) is 6. The molecule has 6 aromatic heterocycles. The molecule has 8 rings (SSSR count). The molecule has 0 radical (unpaired) electrons. The molecule has 54 heteroatoms. The number of amides is 9. The number of pyridine rings is 2. The predicted molar refractivity (Wildman–Crippen MR) is 455 cm³/mol. The Morgan fingerprint density at radius 2 is 0.992 bits per heavy atom. The van der Waals surface area contributed by atoms with E-state index in [1.54, 1.807) is 41.5 Å². The van der Waals surface area contributed by atoms with Gasteiger partial charge in [0.2, 0.25) is 16.5 Å². The number of aromatic hydroxyl groups is 2. The van der Waals surface area contributed by atoms with Gasteiger partial charge in [-0.25, -0.2) is 47.1 Å². The average Bonchev–Trinajstić information content (AvgIpc) is 1.51. The number of carboxylic acids is 1. The van der Waals surface area contributed by atoms with E-state index in [2.05, 4.69) is 180 Å². The summed E-state index contributed by atoms with van der Waals surface area (Å²) in [7, 11) is -10.6. The number of oxime groups is 2. The Morgan fingerprint density at radius 3 is 1.37 bits per heavy atom. The fraction of sp³-hybridized carbons (Fsp3) is 0.321. The van der Waals surface area contributed by atoms with Gasteiger partial charge in [-0.1, -0.05) is 25.9 Å². The molecule has 4 atom stereocenters. The smallest absolute Gasteiger partial charge is 0.546 e. The molecule has 14 N–H and O–H groups in total. The zero-order chi connectivity index (χ0) is 96.3. The summed E-state index contributed by atoms with van der Waals surface area (Å²) in [5.74, 6) is 38.6. The van der Waals surface area contributed by atoms with Crippen LogP contribution in [-0.2, 0) is 81.4 Å². The first-order valence-corrected chi connectivity index (χ1v) is 40.2. The number of β-lactam (4-membered cyclic amide) rings is 2. The van der Waals surface area contributed by atoms with Crippen molar-refractivity contribution in [1.29, 1.82) is 0 Å². The Hall–Kier alpha value is -14.7. The summed E-state index contributed by atoms with van der Waals surface area (Å²) in [5.41, 5.74) is -6.99. The maximum Gasteiger partial charge on any atom is 1.00 e. The molecule has 678 valence electrons. The summed E-state index contributed by atoms with van der Waals surface area (Å²) in [6, 6.07) is -4.65. The van der Waals surface area contributed by atoms with E-state index >= 15 is 0 Å². The molecule has 48 nitrogen and oxygen atoms in total. The molecular formula is C78H72N20Na2O28S4. The SMILES string of the molecule is C.C#CC#CC#CC#CC#CC#CC#CC#CC#CC#CC#C.CC(C)(C)OC(=O)Nc1nc(/C(=N/OC(C)(C)C(=O)OC(C)(C)C)C(=O)N[C@H]2CN(C(=O)NS(=O)(=O)n3nc(-c4cc(=O)c(O)c[nH]4)n(C[C@@H](O)CO)c3=O)C2=O)cs1.CC(C)(O/N=C(\C(=O)N[C@H]1CN(C(=O)[N-]S(=O)(=O)n2nc(-c3cc(=O)c(O)c[nH]3)n(C[C@@H](O)CO)c2=O)C1=O)c1csc(N)n1)C(=O)[O-].[Na+].[Na+]. The van der Waals surface area contributed by atoms with Crippen molar-refractivity contribution in [3.05, 3.63) is 92.8 Å². The number of thiazole rings is 2. The molecule has 2 aliphatic heterocycles. The molecule has 2 aliphatic rings. The van der Waals surface area contributed by atoms with E-state index in [4.69, 9.17) is 37.7 Å². The van der Waals surface area contributed by atoms with Gasteiger partial charge in [-0.05, 0) is 171 Å². The van der Waals surface area contributed by atoms with E-state index in [1.807, 2.05) is 0 Å². The van der Waals surface area contributed by atoms with Gasteiger partial charge < -0.3 is 95.6 Å². The van der Waals surface area contributed by atoms with Crippen molar-refractivity contribution in [2.24, 2.45) is 10.3 Å². The number of terminal acetylenes is 2. The first-order valence-electron chi connectivity index (χ1n) is 35.6. The number of nitrogen functional groups attached to an aromatic ring is 1. The van der Waals surface area contributed by atoms with Crippen LogP contribution in [0.25, 0.3) is 27.8 Å². The number of imide groups is 2. The van der Waals surface area contributed by atoms with Gasteiger partial charge in [0.15, 0.2) is 62.4 Å². The summed E-state index contributed by atoms with van der Waals surface area (Å²) in [4.78, 5) is 188. The Kier molecular flexibility index (Phi) is 41.5. The van der Waals surface area contributed by atoms with Crippen LogP contribution < -0.4 is 113 Å². The number of carbonyl (C=O) groups is 9. The second kappa shape index (κ2) is 49.2. The third-order valence-corrected chi connectivity index (χ3v) is 18.4. The van der Waals surface area contributed by atoms with Gasteiger partial charge in [0, 0.05) is 59.0 Å². The second-order valence-corrected chi connectivity index (χ2v) is 32.5. The minimum atomic E-state index is -5.35. The number of likely N-dealkylation sites (tertiary alicyclic amines) is 2. The molecule has 0 saturated carbocycles. The van der Waals surface area contributed by atoms with Crippen LogP contribution in [0.3, 0.4) is 0 Å². The Bertz CT molecular complexity index is 6710. The third-order valence-electron chi connectivity index (χ3n) is 14.8. The van der Waals surface area contributed by atoms with Crippen LogP contribution in [0.15, 0.2) is 64.8 Å². The van der Waals surface area contributed by atoms with Crippen LogP contribution in [0.1, 0.15) is 88.1 Å². The third kappa shape index (κ3) is 32.2. The van der Waals surface area contributed by atoms with Crippen LogP contribution in [-0.4, -0.2) is 243 Å². The quantitative estimate of drug-likeness (QED) is 0.00632. The summed E-state index contributed by atoms with van der Waals surface area (Å²) in [6.07, 6.45) is 7.33. The molecule has 0 unspecified atom stereocenters. The number of aliphatic hydroxyl groups excluding tert-OH is 4. The van der Waals surface area contributed by atoms with Gasteiger partial charge in [0.05, 0.1) is 68.5 Å². The topological polar surface area (TPSA) is 694 Å². The van der Waals surface area contributed by atoms with E-state index in [9.17, 15) is 115 Å². The Labute approximate surface area is 801 Å². The van der Waals surface area contributed by atoms with Crippen LogP contribution in [0.5, 0.6) is 11.5 Å². The van der Waals surface area contributed by atoms with Crippen molar-refractivity contribution in [2.45, 2.75) is 136 Å². The number of rotatable bonds is 25. The molecule has 0 aromatic carbocycles. The number of hydrogen-bond acceptors (Lipinski definition) is 37. The van der Waals surface area contributed by atoms with Crippen molar-refractivity contribution in [1.82, 2.24) is 72.6 Å². The molecule has 0 bridgehead atoms. The normalized spacial score (nSPS) is 13.3. The van der Waals surface area contributed by atoms with Gasteiger partial charge in [-0.3, -0.25) is 52.9 Å². The van der Waals surface area contributed by atoms with Crippen molar-refractivity contribution in [3.8, 4) is 166 Å². The molecule has 0 spiro atoms. The number of urea groups is 2. The zero-order valence-electron chi connectivity index (χ0n) is 70.4. The van der Waals surface area contributed by atoms with Gasteiger partial charge in [-0.2, -0.15) is 8.42 Å². The van der Waals surface area contributed by atoms with Crippen molar-refractivity contribution < 1.29 is 174 Å². The number of aromatic amines is 2. The largest absolute Gasteiger partial charge is 1.00 e. The van der Waals surface area contributed by atoms with Crippen LogP contribution >= 0.6 is 22.7 Å². The Balaban J connectivity index is 0.000000552. The van der Waals surface area contributed by atoms with Crippen LogP contribution in [0.2, 0.25) is 0 Å². The number of aliphatic hydroxyl groups is 4. The van der Waals surface area contributed by atoms with Gasteiger partial charge in [0.25, 0.3) is 27.9 Å². The number of anilines is 2. The van der Waals surface area contributed by atoms with E-state index in [0.717, 1.165) is 61.0 Å². The van der Waals surface area contributed by atoms with E-state index in [0.29, 0.717) is 18.9 Å². The summed E-state index contributed by atoms with van der Waals surface area (Å²) in [6.45, 7) is 10.1. The summed E-state index contributed by atoms with van der Waals surface area (Å²) in [5, 5.41) is 92.7. The molecule has 8 heterocycles. The maximum absolute atomic E-state index is 13.6. The number of H-pyrrole nitrogens is 2. The number of aromatic nitrogens is 10. The summed E-state index contributed by atoms with van der Waals surface area (Å²) < 4.78 is 68.0. The number of aliphatic carboxylic acids is 1. The monoisotopic (exact) mass is 1910 g/mol. The molecule has 6 aromatic rings. The first kappa shape index (κ1) is 111. The van der Waals surface area contributed by atoms with Crippen molar-refractivity contribution in [3.63, 3.8) is 0 Å². The zero-order valence-corrected chi connectivity index (χ0v) is 77.6. The molecular weight excluding hydrogens is 1840 g/mol. The van der Waals surface area contributed by atoms with Gasteiger partial charge >= 0.3 is 98.8 Å².